The van der Waals surface area contributed by atoms with Crippen molar-refractivity contribution in [2.75, 3.05) is 7.05 Å². The zero-order valence-corrected chi connectivity index (χ0v) is 13.3. The van der Waals surface area contributed by atoms with Crippen LogP contribution >= 0.6 is 0 Å². The summed E-state index contributed by atoms with van der Waals surface area (Å²) in [5, 5.41) is 2.18. The first-order valence-corrected chi connectivity index (χ1v) is 7.39. The van der Waals surface area contributed by atoms with E-state index in [0.717, 1.165) is 16.7 Å². The number of benzene rings is 2. The molecule has 0 aromatic heterocycles. The molecule has 0 saturated carbocycles. The molecule has 0 spiro atoms. The number of imide groups is 1. The van der Waals surface area contributed by atoms with Crippen LogP contribution in [0, 0.1) is 6.92 Å². The van der Waals surface area contributed by atoms with Crippen molar-refractivity contribution in [1.29, 1.82) is 0 Å². The number of amides is 3. The maximum atomic E-state index is 12.4. The monoisotopic (exact) mass is 311 g/mol. The van der Waals surface area contributed by atoms with Gasteiger partial charge < -0.3 is 5.73 Å². The van der Waals surface area contributed by atoms with Crippen molar-refractivity contribution in [1.82, 2.24) is 10.2 Å². The van der Waals surface area contributed by atoms with Crippen LogP contribution in [0.15, 0.2) is 54.6 Å². The van der Waals surface area contributed by atoms with E-state index < -0.39 is 18.0 Å². The van der Waals surface area contributed by atoms with Crippen LogP contribution in [0.4, 0.5) is 4.79 Å². The van der Waals surface area contributed by atoms with Crippen molar-refractivity contribution < 1.29 is 9.59 Å². The second-order valence-electron chi connectivity index (χ2n) is 5.51. The summed E-state index contributed by atoms with van der Waals surface area (Å²) >= 11 is 0. The Hall–Kier alpha value is -2.66. The molecule has 1 atom stereocenters. The number of nitrogens with two attached hydrogens (primary N) is 1. The Labute approximate surface area is 136 Å². The Morgan fingerprint density at radius 2 is 1.70 bits per heavy atom. The predicted molar refractivity (Wildman–Crippen MR) is 89.6 cm³/mol. The number of hydrogen-bond donors (Lipinski definition) is 2. The number of rotatable bonds is 5. The average Bonchev–Trinajstić information content (AvgIpc) is 2.50. The summed E-state index contributed by atoms with van der Waals surface area (Å²) in [6, 6.07) is 15.9. The normalized spacial score (nSPS) is 12.0. The van der Waals surface area contributed by atoms with Gasteiger partial charge in [-0.25, -0.2) is 4.79 Å². The van der Waals surface area contributed by atoms with E-state index in [-0.39, 0.29) is 0 Å². The number of hydrogen-bond acceptors (Lipinski definition) is 3. The molecule has 0 fully saturated rings. The Bertz CT molecular complexity index is 686. The number of nitrogens with one attached hydrogen (secondary N) is 1. The number of urea groups is 1. The smallest absolute Gasteiger partial charge is 0.318 e. The lowest BCUT2D eigenvalue weighted by Crippen LogP contribution is -2.43. The molecular weight excluding hydrogens is 290 g/mol. The highest BCUT2D eigenvalue weighted by Crippen LogP contribution is 2.22. The van der Waals surface area contributed by atoms with Crippen LogP contribution in [0.3, 0.4) is 0 Å². The summed E-state index contributed by atoms with van der Waals surface area (Å²) in [5.74, 6) is -0.431. The number of primary amides is 1. The van der Waals surface area contributed by atoms with E-state index in [0.29, 0.717) is 6.54 Å². The summed E-state index contributed by atoms with van der Waals surface area (Å²) in [5.41, 5.74) is 8.19. The molecule has 2 aromatic rings. The van der Waals surface area contributed by atoms with E-state index in [4.69, 9.17) is 5.73 Å². The van der Waals surface area contributed by atoms with E-state index in [9.17, 15) is 9.59 Å². The molecule has 5 heteroatoms. The van der Waals surface area contributed by atoms with Gasteiger partial charge in [-0.2, -0.15) is 0 Å². The van der Waals surface area contributed by atoms with E-state index in [2.05, 4.69) is 5.32 Å². The lowest BCUT2D eigenvalue weighted by atomic mass is 10.0. The molecule has 2 aromatic carbocycles. The standard InChI is InChI=1S/C18H21N3O2/c1-13-8-6-7-11-15(13)12-21(2)16(17(22)20-18(19)23)14-9-4-3-5-10-14/h3-11,16H,12H2,1-2H3,(H3,19,20,22,23)/t16-/m1/s1. The van der Waals surface area contributed by atoms with Crippen molar-refractivity contribution in [3.05, 3.63) is 71.3 Å². The third kappa shape index (κ3) is 4.40. The highest BCUT2D eigenvalue weighted by Gasteiger charge is 2.26. The van der Waals surface area contributed by atoms with E-state index in [1.54, 1.807) is 0 Å². The molecule has 120 valence electrons. The number of aryl methyl sites for hydroxylation is 1. The Kier molecular flexibility index (Phi) is 5.49. The molecule has 0 saturated heterocycles. The van der Waals surface area contributed by atoms with Gasteiger partial charge in [0, 0.05) is 6.54 Å². The van der Waals surface area contributed by atoms with Crippen molar-refractivity contribution in [3.8, 4) is 0 Å². The minimum atomic E-state index is -0.847. The number of carbonyl (C=O) groups excluding carboxylic acids is 2. The second-order valence-corrected chi connectivity index (χ2v) is 5.51. The number of likely N-dealkylation sites (N-methyl/N-ethyl adjacent to an activating group) is 1. The van der Waals surface area contributed by atoms with Crippen LogP contribution in [0.25, 0.3) is 0 Å². The Morgan fingerprint density at radius 1 is 1.09 bits per heavy atom. The first kappa shape index (κ1) is 16.7. The van der Waals surface area contributed by atoms with Crippen LogP contribution in [0.5, 0.6) is 0 Å². The molecule has 5 nitrogen and oxygen atoms in total. The fraction of sp³-hybridized carbons (Fsp3) is 0.222. The van der Waals surface area contributed by atoms with Gasteiger partial charge in [0.25, 0.3) is 0 Å². The predicted octanol–water partition coefficient (Wildman–Crippen LogP) is 2.36. The molecule has 0 aliphatic rings. The minimum absolute atomic E-state index is 0.431. The summed E-state index contributed by atoms with van der Waals surface area (Å²) < 4.78 is 0. The van der Waals surface area contributed by atoms with Gasteiger partial charge in [-0.05, 0) is 30.7 Å². The van der Waals surface area contributed by atoms with Crippen LogP contribution in [-0.4, -0.2) is 23.9 Å². The molecule has 0 heterocycles. The average molecular weight is 311 g/mol. The summed E-state index contributed by atoms with van der Waals surface area (Å²) in [4.78, 5) is 25.4. The topological polar surface area (TPSA) is 75.4 Å². The molecule has 0 bridgehead atoms. The van der Waals surface area contributed by atoms with Gasteiger partial charge in [-0.3, -0.25) is 15.0 Å². The summed E-state index contributed by atoms with van der Waals surface area (Å²) in [6.45, 7) is 2.61. The van der Waals surface area contributed by atoms with E-state index in [1.807, 2.05) is 73.5 Å². The maximum absolute atomic E-state index is 12.4. The van der Waals surface area contributed by atoms with Gasteiger partial charge in [0.2, 0.25) is 5.91 Å². The highest BCUT2D eigenvalue weighted by molar-refractivity contribution is 5.96. The summed E-state index contributed by atoms with van der Waals surface area (Å²) in [7, 11) is 1.85. The van der Waals surface area contributed by atoms with Crippen molar-refractivity contribution in [2.24, 2.45) is 5.73 Å². The number of nitrogens with zero attached hydrogens (tertiary/aromatic N) is 1. The zero-order chi connectivity index (χ0) is 16.8. The van der Waals surface area contributed by atoms with Crippen LogP contribution in [0.1, 0.15) is 22.7 Å². The third-order valence-corrected chi connectivity index (χ3v) is 3.73. The van der Waals surface area contributed by atoms with Crippen LogP contribution in [0.2, 0.25) is 0 Å². The van der Waals surface area contributed by atoms with E-state index >= 15 is 0 Å². The molecule has 0 aliphatic heterocycles. The lowest BCUT2D eigenvalue weighted by Gasteiger charge is -2.27. The lowest BCUT2D eigenvalue weighted by molar-refractivity contribution is -0.125. The van der Waals surface area contributed by atoms with Gasteiger partial charge >= 0.3 is 6.03 Å². The van der Waals surface area contributed by atoms with Crippen molar-refractivity contribution in [2.45, 2.75) is 19.5 Å². The fourth-order valence-corrected chi connectivity index (χ4v) is 2.58. The molecule has 0 unspecified atom stereocenters. The van der Waals surface area contributed by atoms with Gasteiger partial charge in [0.1, 0.15) is 6.04 Å². The quantitative estimate of drug-likeness (QED) is 0.890. The van der Waals surface area contributed by atoms with Crippen molar-refractivity contribution in [3.63, 3.8) is 0 Å². The van der Waals surface area contributed by atoms with Crippen LogP contribution in [-0.2, 0) is 11.3 Å². The molecular formula is C18H21N3O2. The van der Waals surface area contributed by atoms with Gasteiger partial charge in [-0.15, -0.1) is 0 Å². The summed E-state index contributed by atoms with van der Waals surface area (Å²) in [6.07, 6.45) is 0. The van der Waals surface area contributed by atoms with Gasteiger partial charge in [0.15, 0.2) is 0 Å². The van der Waals surface area contributed by atoms with E-state index in [1.165, 1.54) is 0 Å². The zero-order valence-electron chi connectivity index (χ0n) is 13.3. The molecule has 2 rings (SSSR count). The first-order valence-electron chi connectivity index (χ1n) is 7.39. The first-order chi connectivity index (χ1) is 11.0. The SMILES string of the molecule is Cc1ccccc1CN(C)[C@@H](C(=O)NC(N)=O)c1ccccc1. The Morgan fingerprint density at radius 3 is 2.30 bits per heavy atom. The third-order valence-electron chi connectivity index (χ3n) is 3.73. The highest BCUT2D eigenvalue weighted by atomic mass is 16.2. The minimum Gasteiger partial charge on any atom is -0.351 e. The maximum Gasteiger partial charge on any atom is 0.318 e. The molecule has 23 heavy (non-hydrogen) atoms. The molecule has 0 aliphatic carbocycles. The largest absolute Gasteiger partial charge is 0.351 e. The molecule has 3 N–H and O–H groups in total. The van der Waals surface area contributed by atoms with Crippen molar-refractivity contribution >= 4 is 11.9 Å². The molecule has 3 amide bonds. The van der Waals surface area contributed by atoms with Crippen LogP contribution < -0.4 is 11.1 Å². The number of carbonyl (C=O) groups is 2. The van der Waals surface area contributed by atoms with Gasteiger partial charge in [0.05, 0.1) is 0 Å². The molecule has 0 radical (unpaired) electrons. The Balaban J connectivity index is 2.27. The van der Waals surface area contributed by atoms with Gasteiger partial charge in [-0.1, -0.05) is 54.6 Å². The second kappa shape index (κ2) is 7.56. The fourth-order valence-electron chi connectivity index (χ4n) is 2.58.